The number of carbonyl (C=O) groups excluding carboxylic acids is 1. The van der Waals surface area contributed by atoms with Gasteiger partial charge in [0.25, 0.3) is 0 Å². The number of allylic oxidation sites excluding steroid dienone is 1. The minimum absolute atomic E-state index is 0.0560. The lowest BCUT2D eigenvalue weighted by molar-refractivity contribution is -0.121. The Hall–Kier alpha value is -1.36. The second kappa shape index (κ2) is 7.87. The van der Waals surface area contributed by atoms with E-state index in [1.807, 2.05) is 31.4 Å². The van der Waals surface area contributed by atoms with Gasteiger partial charge < -0.3 is 9.88 Å². The van der Waals surface area contributed by atoms with E-state index >= 15 is 0 Å². The summed E-state index contributed by atoms with van der Waals surface area (Å²) in [6, 6.07) is 0. The molecule has 0 spiro atoms. The number of rotatable bonds is 7. The van der Waals surface area contributed by atoms with Crippen molar-refractivity contribution >= 4 is 17.2 Å². The van der Waals surface area contributed by atoms with Crippen LogP contribution in [0.15, 0.2) is 22.3 Å². The molecule has 0 radical (unpaired) electrons. The molecule has 0 aromatic carbocycles. The van der Waals surface area contributed by atoms with E-state index in [1.165, 1.54) is 11.3 Å². The molecule has 0 saturated carbocycles. The molecule has 1 aromatic rings. The maximum Gasteiger partial charge on any atom is 0.307 e. The smallest absolute Gasteiger partial charge is 0.307 e. The minimum atomic E-state index is 0.0560. The van der Waals surface area contributed by atoms with E-state index in [2.05, 4.69) is 5.32 Å². The van der Waals surface area contributed by atoms with Crippen LogP contribution in [0.2, 0.25) is 0 Å². The lowest BCUT2D eigenvalue weighted by Crippen LogP contribution is -2.24. The van der Waals surface area contributed by atoms with Gasteiger partial charge in [0.1, 0.15) is 0 Å². The maximum absolute atomic E-state index is 11.5. The summed E-state index contributed by atoms with van der Waals surface area (Å²) in [5, 5.41) is 4.70. The molecule has 1 N–H and O–H groups in total. The van der Waals surface area contributed by atoms with Gasteiger partial charge in [-0.25, -0.2) is 0 Å². The standard InChI is InChI=1S/C13H20N2O2S/c1-3-4-5-8-14-12(16)7-6-9-15-11(2)10-18-13(15)17/h3-4,10H,5-9H2,1-2H3,(H,14,16)/b4-3+. The fourth-order valence-corrected chi connectivity index (χ4v) is 2.38. The number of amides is 1. The molecular formula is C13H20N2O2S. The average Bonchev–Trinajstić information content (AvgIpc) is 2.66. The molecule has 0 unspecified atom stereocenters. The molecule has 0 aliphatic heterocycles. The molecule has 0 aliphatic rings. The number of hydrogen-bond acceptors (Lipinski definition) is 3. The molecule has 0 saturated heterocycles. The highest BCUT2D eigenvalue weighted by molar-refractivity contribution is 7.07. The van der Waals surface area contributed by atoms with E-state index in [0.717, 1.165) is 12.1 Å². The number of aryl methyl sites for hydroxylation is 1. The Kier molecular flexibility index (Phi) is 6.43. The molecule has 1 amide bonds. The zero-order valence-corrected chi connectivity index (χ0v) is 11.8. The van der Waals surface area contributed by atoms with Gasteiger partial charge in [-0.05, 0) is 26.7 Å². The quantitative estimate of drug-likeness (QED) is 0.608. The molecule has 1 heterocycles. The zero-order valence-electron chi connectivity index (χ0n) is 10.9. The van der Waals surface area contributed by atoms with Gasteiger partial charge in [-0.3, -0.25) is 9.59 Å². The lowest BCUT2D eigenvalue weighted by Gasteiger charge is -2.05. The van der Waals surface area contributed by atoms with Crippen LogP contribution in [0.25, 0.3) is 0 Å². The first-order chi connectivity index (χ1) is 8.65. The van der Waals surface area contributed by atoms with Crippen molar-refractivity contribution in [3.63, 3.8) is 0 Å². The minimum Gasteiger partial charge on any atom is -0.356 e. The van der Waals surface area contributed by atoms with Crippen molar-refractivity contribution in [2.45, 2.75) is 39.7 Å². The van der Waals surface area contributed by atoms with Crippen LogP contribution in [0.1, 0.15) is 31.9 Å². The van der Waals surface area contributed by atoms with Gasteiger partial charge >= 0.3 is 4.87 Å². The Morgan fingerprint density at radius 1 is 1.56 bits per heavy atom. The molecule has 100 valence electrons. The molecule has 0 aliphatic carbocycles. The third kappa shape index (κ3) is 4.87. The second-order valence-electron chi connectivity index (χ2n) is 4.11. The van der Waals surface area contributed by atoms with Crippen LogP contribution in [0.4, 0.5) is 0 Å². The average molecular weight is 268 g/mol. The van der Waals surface area contributed by atoms with Crippen molar-refractivity contribution < 1.29 is 4.79 Å². The summed E-state index contributed by atoms with van der Waals surface area (Å²) < 4.78 is 1.72. The molecular weight excluding hydrogens is 248 g/mol. The Bertz CT molecular complexity index is 460. The summed E-state index contributed by atoms with van der Waals surface area (Å²) in [7, 11) is 0. The number of carbonyl (C=O) groups is 1. The third-order valence-electron chi connectivity index (χ3n) is 2.63. The fourth-order valence-electron chi connectivity index (χ4n) is 1.62. The Balaban J connectivity index is 2.21. The fraction of sp³-hybridized carbons (Fsp3) is 0.538. The highest BCUT2D eigenvalue weighted by Crippen LogP contribution is 2.02. The summed E-state index contributed by atoms with van der Waals surface area (Å²) >= 11 is 1.21. The van der Waals surface area contributed by atoms with Crippen LogP contribution in [0.5, 0.6) is 0 Å². The summed E-state index contributed by atoms with van der Waals surface area (Å²) in [5.74, 6) is 0.0560. The van der Waals surface area contributed by atoms with Crippen LogP contribution < -0.4 is 10.2 Å². The molecule has 0 fully saturated rings. The molecule has 1 rings (SSSR count). The van der Waals surface area contributed by atoms with E-state index < -0.39 is 0 Å². The SMILES string of the molecule is C/C=C/CCNC(=O)CCCn1c(C)csc1=O. The van der Waals surface area contributed by atoms with E-state index in [-0.39, 0.29) is 10.8 Å². The van der Waals surface area contributed by atoms with Crippen LogP contribution in [0, 0.1) is 6.92 Å². The van der Waals surface area contributed by atoms with Crippen molar-refractivity contribution in [3.05, 3.63) is 32.9 Å². The van der Waals surface area contributed by atoms with Gasteiger partial charge in [-0.2, -0.15) is 0 Å². The van der Waals surface area contributed by atoms with E-state index in [4.69, 9.17) is 0 Å². The molecule has 18 heavy (non-hydrogen) atoms. The number of thiazole rings is 1. The normalized spacial score (nSPS) is 11.0. The van der Waals surface area contributed by atoms with Gasteiger partial charge in [0.05, 0.1) is 0 Å². The van der Waals surface area contributed by atoms with Crippen molar-refractivity contribution in [1.29, 1.82) is 0 Å². The molecule has 4 nitrogen and oxygen atoms in total. The van der Waals surface area contributed by atoms with Crippen LogP contribution in [0.3, 0.4) is 0 Å². The highest BCUT2D eigenvalue weighted by atomic mass is 32.1. The zero-order chi connectivity index (χ0) is 13.4. The summed E-state index contributed by atoms with van der Waals surface area (Å²) in [4.78, 5) is 23.0. The van der Waals surface area contributed by atoms with Gasteiger partial charge in [0, 0.05) is 30.6 Å². The first kappa shape index (κ1) is 14.7. The predicted octanol–water partition coefficient (Wildman–Crippen LogP) is 2.08. The molecule has 0 atom stereocenters. The highest BCUT2D eigenvalue weighted by Gasteiger charge is 2.04. The number of nitrogens with one attached hydrogen (secondary N) is 1. The molecule has 0 bridgehead atoms. The van der Waals surface area contributed by atoms with Gasteiger partial charge in [-0.1, -0.05) is 23.5 Å². The van der Waals surface area contributed by atoms with E-state index in [0.29, 0.717) is 25.9 Å². The number of hydrogen-bond donors (Lipinski definition) is 1. The Morgan fingerprint density at radius 2 is 2.33 bits per heavy atom. The first-order valence-electron chi connectivity index (χ1n) is 6.18. The summed E-state index contributed by atoms with van der Waals surface area (Å²) in [6.07, 6.45) is 6.03. The van der Waals surface area contributed by atoms with Crippen molar-refractivity contribution in [1.82, 2.24) is 9.88 Å². The van der Waals surface area contributed by atoms with Gasteiger partial charge in [0.2, 0.25) is 5.91 Å². The van der Waals surface area contributed by atoms with Crippen LogP contribution in [-0.2, 0) is 11.3 Å². The van der Waals surface area contributed by atoms with Crippen LogP contribution in [-0.4, -0.2) is 17.0 Å². The largest absolute Gasteiger partial charge is 0.356 e. The maximum atomic E-state index is 11.5. The Morgan fingerprint density at radius 3 is 2.94 bits per heavy atom. The second-order valence-corrected chi connectivity index (χ2v) is 4.93. The van der Waals surface area contributed by atoms with E-state index in [9.17, 15) is 9.59 Å². The van der Waals surface area contributed by atoms with E-state index in [1.54, 1.807) is 4.57 Å². The van der Waals surface area contributed by atoms with Crippen molar-refractivity contribution in [2.24, 2.45) is 0 Å². The molecule has 1 aromatic heterocycles. The molecule has 5 heteroatoms. The van der Waals surface area contributed by atoms with Crippen molar-refractivity contribution in [3.8, 4) is 0 Å². The first-order valence-corrected chi connectivity index (χ1v) is 7.06. The van der Waals surface area contributed by atoms with Gasteiger partial charge in [0.15, 0.2) is 0 Å². The number of nitrogens with zero attached hydrogens (tertiary/aromatic N) is 1. The van der Waals surface area contributed by atoms with Crippen LogP contribution >= 0.6 is 11.3 Å². The lowest BCUT2D eigenvalue weighted by atomic mass is 10.3. The summed E-state index contributed by atoms with van der Waals surface area (Å²) in [6.45, 7) is 5.18. The van der Waals surface area contributed by atoms with Crippen molar-refractivity contribution in [2.75, 3.05) is 6.54 Å². The third-order valence-corrected chi connectivity index (χ3v) is 3.51. The monoisotopic (exact) mass is 268 g/mol. The van der Waals surface area contributed by atoms with Gasteiger partial charge in [-0.15, -0.1) is 0 Å². The predicted molar refractivity (Wildman–Crippen MR) is 75.0 cm³/mol. The number of aromatic nitrogens is 1. The topological polar surface area (TPSA) is 51.1 Å². The summed E-state index contributed by atoms with van der Waals surface area (Å²) in [5.41, 5.74) is 0.971. The Labute approximate surface area is 111 Å².